The number of benzene rings is 2. The lowest BCUT2D eigenvalue weighted by Crippen LogP contribution is -2.32. The first kappa shape index (κ1) is 17.3. The quantitative estimate of drug-likeness (QED) is 0.734. The molecule has 28 heavy (non-hydrogen) atoms. The van der Waals surface area contributed by atoms with Crippen molar-refractivity contribution >= 4 is 16.6 Å². The number of aryl methyl sites for hydroxylation is 1. The Morgan fingerprint density at radius 3 is 2.39 bits per heavy atom. The zero-order valence-electron chi connectivity index (χ0n) is 15.9. The van der Waals surface area contributed by atoms with Crippen molar-refractivity contribution < 1.29 is 0 Å². The fraction of sp³-hybridized carbons (Fsp3) is 0.364. The summed E-state index contributed by atoms with van der Waals surface area (Å²) in [6.07, 6.45) is 0. The summed E-state index contributed by atoms with van der Waals surface area (Å²) in [4.78, 5) is 30.1. The molecular formula is C22H24N4O2. The van der Waals surface area contributed by atoms with Gasteiger partial charge in [-0.2, -0.15) is 0 Å². The molecule has 2 N–H and O–H groups in total. The van der Waals surface area contributed by atoms with Gasteiger partial charge in [-0.05, 0) is 42.0 Å². The Morgan fingerprint density at radius 2 is 1.71 bits per heavy atom. The molecule has 2 aliphatic heterocycles. The number of nitrogens with zero attached hydrogens (tertiary/aromatic N) is 2. The van der Waals surface area contributed by atoms with Crippen molar-refractivity contribution in [2.45, 2.75) is 13.5 Å². The fourth-order valence-electron chi connectivity index (χ4n) is 4.81. The fourth-order valence-corrected chi connectivity index (χ4v) is 4.81. The number of aromatic amines is 1. The molecule has 0 unspecified atom stereocenters. The molecule has 0 radical (unpaired) electrons. The van der Waals surface area contributed by atoms with Crippen molar-refractivity contribution in [1.29, 1.82) is 0 Å². The second-order valence-corrected chi connectivity index (χ2v) is 7.84. The summed E-state index contributed by atoms with van der Waals surface area (Å²) in [5, 5.41) is 4.09. The monoisotopic (exact) mass is 376 g/mol. The molecule has 0 spiro atoms. The second-order valence-electron chi connectivity index (χ2n) is 7.84. The molecule has 0 amide bonds. The molecule has 1 aromatic heterocycles. The summed E-state index contributed by atoms with van der Waals surface area (Å²) in [7, 11) is 0. The Hall–Kier alpha value is -2.86. The Bertz CT molecular complexity index is 1140. The van der Waals surface area contributed by atoms with Crippen LogP contribution in [0.2, 0.25) is 0 Å². The highest BCUT2D eigenvalue weighted by atomic mass is 16.2. The van der Waals surface area contributed by atoms with Crippen LogP contribution in [0.1, 0.15) is 6.92 Å². The van der Waals surface area contributed by atoms with Gasteiger partial charge in [0.05, 0.1) is 16.6 Å². The van der Waals surface area contributed by atoms with Gasteiger partial charge in [-0.25, -0.2) is 4.79 Å². The van der Waals surface area contributed by atoms with E-state index in [1.54, 1.807) is 4.57 Å². The van der Waals surface area contributed by atoms with Gasteiger partial charge in [0.25, 0.3) is 5.56 Å². The lowest BCUT2D eigenvalue weighted by molar-refractivity contribution is 0.533. The van der Waals surface area contributed by atoms with Crippen LogP contribution in [0.5, 0.6) is 0 Å². The molecule has 2 fully saturated rings. The number of hydrogen-bond acceptors (Lipinski definition) is 4. The molecular weight excluding hydrogens is 352 g/mol. The van der Waals surface area contributed by atoms with Crippen LogP contribution in [0.4, 0.5) is 5.69 Å². The van der Waals surface area contributed by atoms with Crippen LogP contribution in [0, 0.1) is 11.8 Å². The number of rotatable bonds is 3. The normalized spacial score (nSPS) is 21.4. The molecule has 2 aliphatic rings. The van der Waals surface area contributed by atoms with E-state index in [2.05, 4.69) is 33.4 Å². The zero-order valence-corrected chi connectivity index (χ0v) is 15.9. The summed E-state index contributed by atoms with van der Waals surface area (Å²) in [6, 6.07) is 14.2. The van der Waals surface area contributed by atoms with Gasteiger partial charge < -0.3 is 10.2 Å². The van der Waals surface area contributed by atoms with Gasteiger partial charge in [-0.15, -0.1) is 0 Å². The molecule has 144 valence electrons. The minimum absolute atomic E-state index is 0.297. The molecule has 0 aliphatic carbocycles. The van der Waals surface area contributed by atoms with Crippen molar-refractivity contribution in [3.05, 3.63) is 63.3 Å². The molecule has 5 rings (SSSR count). The van der Waals surface area contributed by atoms with E-state index in [9.17, 15) is 9.59 Å². The summed E-state index contributed by atoms with van der Waals surface area (Å²) < 4.78 is 1.66. The number of anilines is 1. The third kappa shape index (κ3) is 2.67. The summed E-state index contributed by atoms with van der Waals surface area (Å²) in [6.45, 7) is 6.39. The van der Waals surface area contributed by atoms with Crippen LogP contribution >= 0.6 is 0 Å². The van der Waals surface area contributed by atoms with Crippen molar-refractivity contribution in [3.63, 3.8) is 0 Å². The maximum Gasteiger partial charge on any atom is 0.328 e. The molecule has 2 aromatic carbocycles. The number of fused-ring (bicyclic) bond motifs is 2. The van der Waals surface area contributed by atoms with E-state index in [4.69, 9.17) is 0 Å². The van der Waals surface area contributed by atoms with Gasteiger partial charge >= 0.3 is 5.69 Å². The maximum absolute atomic E-state index is 12.8. The average Bonchev–Trinajstić information content (AvgIpc) is 3.30. The van der Waals surface area contributed by atoms with E-state index in [1.165, 1.54) is 0 Å². The number of hydrogen-bond donors (Lipinski definition) is 2. The molecule has 0 bridgehead atoms. The molecule has 6 nitrogen and oxygen atoms in total. The third-order valence-electron chi connectivity index (χ3n) is 6.23. The molecule has 3 heterocycles. The van der Waals surface area contributed by atoms with E-state index in [0.717, 1.165) is 43.0 Å². The van der Waals surface area contributed by atoms with Crippen molar-refractivity contribution in [2.24, 2.45) is 11.8 Å². The zero-order chi connectivity index (χ0) is 19.3. The first-order chi connectivity index (χ1) is 13.7. The average molecular weight is 376 g/mol. The van der Waals surface area contributed by atoms with Gasteiger partial charge in [0, 0.05) is 32.7 Å². The Kier molecular flexibility index (Phi) is 4.09. The Labute approximate surface area is 162 Å². The smallest absolute Gasteiger partial charge is 0.328 e. The van der Waals surface area contributed by atoms with E-state index in [-0.39, 0.29) is 11.2 Å². The third-order valence-corrected chi connectivity index (χ3v) is 6.23. The summed E-state index contributed by atoms with van der Waals surface area (Å²) in [5.41, 5.74) is 3.12. The molecule has 3 aromatic rings. The van der Waals surface area contributed by atoms with Gasteiger partial charge in [-0.1, -0.05) is 30.3 Å². The molecule has 6 heteroatoms. The van der Waals surface area contributed by atoms with Gasteiger partial charge in [0.1, 0.15) is 0 Å². The Morgan fingerprint density at radius 1 is 1.00 bits per heavy atom. The van der Waals surface area contributed by atoms with Crippen LogP contribution in [-0.2, 0) is 6.54 Å². The van der Waals surface area contributed by atoms with Crippen molar-refractivity contribution in [3.8, 4) is 11.1 Å². The number of nitrogens with one attached hydrogen (secondary N) is 2. The molecule has 0 saturated carbocycles. The SMILES string of the molecule is CCn1c(=O)[nH]c(=O)c2c(N3C[C@H]4CNC[C@H]4C3)cc(-c3ccccc3)cc21. The van der Waals surface area contributed by atoms with Gasteiger partial charge in [0.2, 0.25) is 0 Å². The highest BCUT2D eigenvalue weighted by Crippen LogP contribution is 2.36. The van der Waals surface area contributed by atoms with Crippen LogP contribution in [0.15, 0.2) is 52.1 Å². The first-order valence-corrected chi connectivity index (χ1v) is 9.97. The standard InChI is InChI=1S/C22H24N4O2/c1-2-26-19-9-15(14-6-4-3-5-7-14)8-18(20(19)21(27)24-22(26)28)25-12-16-10-23-11-17(16)13-25/h3-9,16-17,23H,2,10-13H2,1H3,(H,24,27,28)/t16-,17+. The van der Waals surface area contributed by atoms with E-state index < -0.39 is 0 Å². The summed E-state index contributed by atoms with van der Waals surface area (Å²) in [5.74, 6) is 1.23. The first-order valence-electron chi connectivity index (χ1n) is 9.97. The second kappa shape index (κ2) is 6.63. The van der Waals surface area contributed by atoms with Crippen molar-refractivity contribution in [2.75, 3.05) is 31.1 Å². The number of aromatic nitrogens is 2. The Balaban J connectivity index is 1.77. The van der Waals surface area contributed by atoms with Crippen LogP contribution < -0.4 is 21.5 Å². The van der Waals surface area contributed by atoms with E-state index in [0.29, 0.717) is 29.3 Å². The van der Waals surface area contributed by atoms with E-state index >= 15 is 0 Å². The summed E-state index contributed by atoms with van der Waals surface area (Å²) >= 11 is 0. The predicted octanol–water partition coefficient (Wildman–Crippen LogP) is 2.03. The van der Waals surface area contributed by atoms with Crippen molar-refractivity contribution in [1.82, 2.24) is 14.9 Å². The minimum Gasteiger partial charge on any atom is -0.370 e. The van der Waals surface area contributed by atoms with E-state index in [1.807, 2.05) is 31.2 Å². The highest BCUT2D eigenvalue weighted by molar-refractivity contribution is 5.96. The lowest BCUT2D eigenvalue weighted by atomic mass is 10.0. The van der Waals surface area contributed by atoms with Crippen LogP contribution in [0.25, 0.3) is 22.0 Å². The molecule has 2 saturated heterocycles. The minimum atomic E-state index is -0.348. The van der Waals surface area contributed by atoms with Crippen LogP contribution in [0.3, 0.4) is 0 Å². The molecule has 2 atom stereocenters. The van der Waals surface area contributed by atoms with Gasteiger partial charge in [-0.3, -0.25) is 14.3 Å². The number of H-pyrrole nitrogens is 1. The lowest BCUT2D eigenvalue weighted by Gasteiger charge is -2.23. The maximum atomic E-state index is 12.8. The largest absolute Gasteiger partial charge is 0.370 e. The van der Waals surface area contributed by atoms with Gasteiger partial charge in [0.15, 0.2) is 0 Å². The predicted molar refractivity (Wildman–Crippen MR) is 112 cm³/mol. The van der Waals surface area contributed by atoms with Crippen LogP contribution in [-0.4, -0.2) is 35.7 Å². The topological polar surface area (TPSA) is 70.1 Å². The highest BCUT2D eigenvalue weighted by Gasteiger charge is 2.37.